The lowest BCUT2D eigenvalue weighted by atomic mass is 9.65. The first-order valence-electron chi connectivity index (χ1n) is 9.15. The average molecular weight is 280 g/mol. The first-order valence-corrected chi connectivity index (χ1v) is 9.15. The predicted octanol–water partition coefficient (Wildman–Crippen LogP) is 5.53. The first kappa shape index (κ1) is 16.3. The van der Waals surface area contributed by atoms with Crippen LogP contribution in [0.4, 0.5) is 0 Å². The van der Waals surface area contributed by atoms with Crippen LogP contribution in [0.3, 0.4) is 0 Å². The van der Waals surface area contributed by atoms with Gasteiger partial charge in [0.15, 0.2) is 0 Å². The van der Waals surface area contributed by atoms with Gasteiger partial charge in [-0.15, -0.1) is 0 Å². The van der Waals surface area contributed by atoms with E-state index in [0.29, 0.717) is 5.41 Å². The largest absolute Gasteiger partial charge is 0.325 e. The molecule has 0 spiro atoms. The Balaban J connectivity index is 2.06. The zero-order valence-corrected chi connectivity index (χ0v) is 14.4. The van der Waals surface area contributed by atoms with Gasteiger partial charge in [-0.1, -0.05) is 59.8 Å². The second kappa shape index (κ2) is 6.38. The van der Waals surface area contributed by atoms with E-state index in [1.165, 1.54) is 64.2 Å². The van der Waals surface area contributed by atoms with Crippen LogP contribution in [0.5, 0.6) is 0 Å². The topological polar surface area (TPSA) is 26.0 Å². The molecule has 4 atom stereocenters. The van der Waals surface area contributed by atoms with Crippen LogP contribution in [0.1, 0.15) is 91.9 Å². The van der Waals surface area contributed by atoms with Gasteiger partial charge in [0, 0.05) is 5.54 Å². The van der Waals surface area contributed by atoms with Crippen molar-refractivity contribution in [3.05, 3.63) is 0 Å². The molecule has 0 amide bonds. The van der Waals surface area contributed by atoms with E-state index >= 15 is 0 Å². The highest BCUT2D eigenvalue weighted by atomic mass is 14.8. The normalized spacial score (nSPS) is 40.4. The maximum absolute atomic E-state index is 7.01. The molecule has 20 heavy (non-hydrogen) atoms. The van der Waals surface area contributed by atoms with Crippen molar-refractivity contribution in [3.63, 3.8) is 0 Å². The molecule has 2 aliphatic carbocycles. The van der Waals surface area contributed by atoms with Crippen molar-refractivity contribution < 1.29 is 0 Å². The summed E-state index contributed by atoms with van der Waals surface area (Å²) >= 11 is 0. The molecule has 0 heterocycles. The first-order chi connectivity index (χ1) is 9.37. The van der Waals surface area contributed by atoms with Crippen molar-refractivity contribution in [2.24, 2.45) is 28.9 Å². The molecule has 0 radical (unpaired) electrons. The van der Waals surface area contributed by atoms with Crippen molar-refractivity contribution in [3.8, 4) is 0 Å². The van der Waals surface area contributed by atoms with Crippen molar-refractivity contribution in [1.82, 2.24) is 0 Å². The minimum absolute atomic E-state index is 0.154. The van der Waals surface area contributed by atoms with Crippen LogP contribution in [-0.2, 0) is 0 Å². The van der Waals surface area contributed by atoms with E-state index in [4.69, 9.17) is 5.73 Å². The number of nitrogens with two attached hydrogens (primary N) is 1. The maximum Gasteiger partial charge on any atom is 0.0185 e. The number of hydrogen-bond acceptors (Lipinski definition) is 1. The molecule has 0 bridgehead atoms. The molecule has 1 heteroatoms. The van der Waals surface area contributed by atoms with Crippen LogP contribution < -0.4 is 5.73 Å². The molecule has 2 rings (SSSR count). The molecule has 2 N–H and O–H groups in total. The molecule has 4 unspecified atom stereocenters. The Bertz CT molecular complexity index is 303. The summed E-state index contributed by atoms with van der Waals surface area (Å²) in [6.45, 7) is 9.62. The fourth-order valence-electron chi connectivity index (χ4n) is 5.08. The predicted molar refractivity (Wildman–Crippen MR) is 88.7 cm³/mol. The molecular formula is C19H37N. The smallest absolute Gasteiger partial charge is 0.0185 e. The second-order valence-corrected chi connectivity index (χ2v) is 8.79. The molecule has 118 valence electrons. The standard InChI is InChI=1S/C19H37N/c1-5-15-9-6-7-11-17(15)19(20)13-8-10-16(12-14-19)18(2,3)4/h15-17H,5-14,20H2,1-4H3. The van der Waals surface area contributed by atoms with Gasteiger partial charge in [0.25, 0.3) is 0 Å². The summed E-state index contributed by atoms with van der Waals surface area (Å²) in [5, 5.41) is 0. The lowest BCUT2D eigenvalue weighted by molar-refractivity contribution is 0.110. The van der Waals surface area contributed by atoms with E-state index in [-0.39, 0.29) is 5.54 Å². The van der Waals surface area contributed by atoms with Crippen LogP contribution >= 0.6 is 0 Å². The Morgan fingerprint density at radius 3 is 2.30 bits per heavy atom. The summed E-state index contributed by atoms with van der Waals surface area (Å²) in [6.07, 6.45) is 13.7. The molecule has 0 aromatic heterocycles. The third-order valence-corrected chi connectivity index (χ3v) is 6.55. The number of rotatable bonds is 2. The summed E-state index contributed by atoms with van der Waals surface area (Å²) in [5.41, 5.74) is 7.62. The Hall–Kier alpha value is -0.0400. The quantitative estimate of drug-likeness (QED) is 0.661. The molecule has 0 aliphatic heterocycles. The molecule has 0 saturated heterocycles. The molecule has 2 saturated carbocycles. The summed E-state index contributed by atoms with van der Waals surface area (Å²) < 4.78 is 0. The van der Waals surface area contributed by atoms with Crippen LogP contribution in [0.25, 0.3) is 0 Å². The summed E-state index contributed by atoms with van der Waals surface area (Å²) in [5.74, 6) is 2.58. The van der Waals surface area contributed by atoms with Gasteiger partial charge in [-0.05, 0) is 55.3 Å². The fraction of sp³-hybridized carbons (Fsp3) is 1.00. The molecular weight excluding hydrogens is 242 g/mol. The van der Waals surface area contributed by atoms with Gasteiger partial charge in [0.1, 0.15) is 0 Å². The summed E-state index contributed by atoms with van der Waals surface area (Å²) in [4.78, 5) is 0. The monoisotopic (exact) mass is 279 g/mol. The Labute approximate surface area is 127 Å². The summed E-state index contributed by atoms with van der Waals surface area (Å²) in [6, 6.07) is 0. The van der Waals surface area contributed by atoms with Gasteiger partial charge in [0.05, 0.1) is 0 Å². The van der Waals surface area contributed by atoms with E-state index in [0.717, 1.165) is 17.8 Å². The minimum atomic E-state index is 0.154. The second-order valence-electron chi connectivity index (χ2n) is 8.79. The van der Waals surface area contributed by atoms with Gasteiger partial charge in [-0.25, -0.2) is 0 Å². The Morgan fingerprint density at radius 2 is 1.65 bits per heavy atom. The van der Waals surface area contributed by atoms with Crippen LogP contribution in [0, 0.1) is 23.2 Å². The SMILES string of the molecule is CCC1CCCCC1C1(N)CCCC(C(C)(C)C)CC1. The molecule has 1 nitrogen and oxygen atoms in total. The third kappa shape index (κ3) is 3.59. The van der Waals surface area contributed by atoms with E-state index in [9.17, 15) is 0 Å². The zero-order valence-electron chi connectivity index (χ0n) is 14.4. The van der Waals surface area contributed by atoms with Crippen molar-refractivity contribution in [2.75, 3.05) is 0 Å². The van der Waals surface area contributed by atoms with Crippen molar-refractivity contribution in [1.29, 1.82) is 0 Å². The van der Waals surface area contributed by atoms with Crippen LogP contribution in [-0.4, -0.2) is 5.54 Å². The van der Waals surface area contributed by atoms with E-state index in [1.807, 2.05) is 0 Å². The molecule has 0 aromatic rings. The van der Waals surface area contributed by atoms with Crippen molar-refractivity contribution >= 4 is 0 Å². The fourth-order valence-corrected chi connectivity index (χ4v) is 5.08. The van der Waals surface area contributed by atoms with Gasteiger partial charge >= 0.3 is 0 Å². The van der Waals surface area contributed by atoms with Gasteiger partial charge < -0.3 is 5.73 Å². The highest BCUT2D eigenvalue weighted by Gasteiger charge is 2.42. The maximum atomic E-state index is 7.01. The average Bonchev–Trinajstić information content (AvgIpc) is 2.61. The highest BCUT2D eigenvalue weighted by molar-refractivity contribution is 4.98. The van der Waals surface area contributed by atoms with Gasteiger partial charge in [-0.3, -0.25) is 0 Å². The van der Waals surface area contributed by atoms with E-state index in [2.05, 4.69) is 27.7 Å². The van der Waals surface area contributed by atoms with Crippen LogP contribution in [0.15, 0.2) is 0 Å². The van der Waals surface area contributed by atoms with E-state index < -0.39 is 0 Å². The van der Waals surface area contributed by atoms with Crippen molar-refractivity contribution in [2.45, 2.75) is 97.4 Å². The number of hydrogen-bond donors (Lipinski definition) is 1. The Kier molecular flexibility index (Phi) is 5.21. The van der Waals surface area contributed by atoms with Gasteiger partial charge in [-0.2, -0.15) is 0 Å². The lowest BCUT2D eigenvalue weighted by Crippen LogP contribution is -2.50. The Morgan fingerprint density at radius 1 is 0.950 bits per heavy atom. The van der Waals surface area contributed by atoms with Crippen LogP contribution in [0.2, 0.25) is 0 Å². The third-order valence-electron chi connectivity index (χ3n) is 6.55. The van der Waals surface area contributed by atoms with E-state index in [1.54, 1.807) is 0 Å². The molecule has 2 aliphatic rings. The lowest BCUT2D eigenvalue weighted by Gasteiger charge is -2.44. The summed E-state index contributed by atoms with van der Waals surface area (Å²) in [7, 11) is 0. The van der Waals surface area contributed by atoms with Gasteiger partial charge in [0.2, 0.25) is 0 Å². The molecule has 0 aromatic carbocycles. The molecule has 2 fully saturated rings. The zero-order chi connectivity index (χ0) is 14.8. The minimum Gasteiger partial charge on any atom is -0.325 e. The highest BCUT2D eigenvalue weighted by Crippen LogP contribution is 2.46.